The second-order valence-electron chi connectivity index (χ2n) is 2.74. The summed E-state index contributed by atoms with van der Waals surface area (Å²) in [6, 6.07) is 3.10. The number of carbonyl (C=O) groups is 1. The van der Waals surface area contributed by atoms with Gasteiger partial charge < -0.3 is 9.72 Å². The Kier molecular flexibility index (Phi) is 2.84. The van der Waals surface area contributed by atoms with Gasteiger partial charge in [-0.3, -0.25) is 9.59 Å². The van der Waals surface area contributed by atoms with Crippen LogP contribution in [0.15, 0.2) is 16.9 Å². The monoisotopic (exact) mass is 181 g/mol. The van der Waals surface area contributed by atoms with E-state index in [0.29, 0.717) is 5.69 Å². The van der Waals surface area contributed by atoms with E-state index in [0.717, 1.165) is 5.56 Å². The van der Waals surface area contributed by atoms with Crippen molar-refractivity contribution in [1.29, 1.82) is 0 Å². The summed E-state index contributed by atoms with van der Waals surface area (Å²) < 4.78 is 4.49. The van der Waals surface area contributed by atoms with Crippen LogP contribution in [-0.2, 0) is 16.0 Å². The Morgan fingerprint density at radius 1 is 1.54 bits per heavy atom. The number of carbonyl (C=O) groups excluding carboxylic acids is 1. The van der Waals surface area contributed by atoms with Gasteiger partial charge in [0.2, 0.25) is 5.56 Å². The Bertz CT molecular complexity index is 367. The van der Waals surface area contributed by atoms with Crippen LogP contribution in [-0.4, -0.2) is 18.1 Å². The van der Waals surface area contributed by atoms with Crippen molar-refractivity contribution in [3.63, 3.8) is 0 Å². The number of aromatic nitrogens is 1. The molecule has 4 heteroatoms. The first-order valence-electron chi connectivity index (χ1n) is 3.89. The van der Waals surface area contributed by atoms with Crippen molar-refractivity contribution < 1.29 is 9.53 Å². The highest BCUT2D eigenvalue weighted by Gasteiger charge is 2.05. The molecule has 1 aromatic rings. The van der Waals surface area contributed by atoms with Gasteiger partial charge >= 0.3 is 5.97 Å². The fraction of sp³-hybridized carbons (Fsp3) is 0.333. The minimum atomic E-state index is -0.357. The van der Waals surface area contributed by atoms with Crippen LogP contribution in [0, 0.1) is 6.92 Å². The molecule has 0 fully saturated rings. The molecule has 0 aliphatic heterocycles. The van der Waals surface area contributed by atoms with Gasteiger partial charge in [0.25, 0.3) is 0 Å². The van der Waals surface area contributed by atoms with E-state index in [2.05, 4.69) is 9.72 Å². The lowest BCUT2D eigenvalue weighted by atomic mass is 10.2. The lowest BCUT2D eigenvalue weighted by molar-refractivity contribution is -0.139. The smallest absolute Gasteiger partial charge is 0.311 e. The van der Waals surface area contributed by atoms with Gasteiger partial charge in [0.15, 0.2) is 0 Å². The number of nitrogens with one attached hydrogen (secondary N) is 1. The molecule has 1 N–H and O–H groups in total. The van der Waals surface area contributed by atoms with Gasteiger partial charge in [-0.25, -0.2) is 0 Å². The van der Waals surface area contributed by atoms with Gasteiger partial charge in [-0.1, -0.05) is 6.07 Å². The molecule has 0 amide bonds. The number of aromatic amines is 1. The molecule has 0 saturated heterocycles. The molecule has 0 radical (unpaired) electrons. The lowest BCUT2D eigenvalue weighted by Crippen LogP contribution is -2.13. The van der Waals surface area contributed by atoms with Gasteiger partial charge in [0.05, 0.1) is 13.5 Å². The van der Waals surface area contributed by atoms with E-state index in [4.69, 9.17) is 0 Å². The van der Waals surface area contributed by atoms with Gasteiger partial charge in [-0.2, -0.15) is 0 Å². The Balaban J connectivity index is 2.94. The standard InChI is InChI=1S/C9H11NO3/c1-6-3-4-8(11)10-7(6)5-9(12)13-2/h3-4H,5H2,1-2H3,(H,10,11). The molecule has 4 nitrogen and oxygen atoms in total. The number of aryl methyl sites for hydroxylation is 1. The Morgan fingerprint density at radius 3 is 2.85 bits per heavy atom. The summed E-state index contributed by atoms with van der Waals surface area (Å²) >= 11 is 0. The third-order valence-electron chi connectivity index (χ3n) is 1.78. The fourth-order valence-corrected chi connectivity index (χ4v) is 0.990. The van der Waals surface area contributed by atoms with Crippen LogP contribution in [0.2, 0.25) is 0 Å². The average molecular weight is 181 g/mol. The van der Waals surface area contributed by atoms with Crippen LogP contribution >= 0.6 is 0 Å². The molecule has 0 saturated carbocycles. The highest BCUT2D eigenvalue weighted by molar-refractivity contribution is 5.72. The van der Waals surface area contributed by atoms with Crippen molar-refractivity contribution >= 4 is 5.97 Å². The molecule has 70 valence electrons. The largest absolute Gasteiger partial charge is 0.469 e. The molecule has 0 aliphatic carbocycles. The van der Waals surface area contributed by atoms with E-state index in [1.165, 1.54) is 13.2 Å². The molecule has 0 aliphatic rings. The van der Waals surface area contributed by atoms with Crippen LogP contribution in [0.25, 0.3) is 0 Å². The average Bonchev–Trinajstić information content (AvgIpc) is 2.11. The molecule has 0 bridgehead atoms. The number of methoxy groups -OCH3 is 1. The van der Waals surface area contributed by atoms with Gasteiger partial charge in [-0.15, -0.1) is 0 Å². The predicted molar refractivity (Wildman–Crippen MR) is 47.5 cm³/mol. The maximum Gasteiger partial charge on any atom is 0.311 e. The Labute approximate surface area is 75.5 Å². The lowest BCUT2D eigenvalue weighted by Gasteiger charge is -2.02. The molecule has 1 aromatic heterocycles. The summed E-state index contributed by atoms with van der Waals surface area (Å²) in [5.74, 6) is -0.357. The minimum absolute atomic E-state index is 0.110. The highest BCUT2D eigenvalue weighted by atomic mass is 16.5. The van der Waals surface area contributed by atoms with Gasteiger partial charge in [0.1, 0.15) is 0 Å². The summed E-state index contributed by atoms with van der Waals surface area (Å²) in [6.07, 6.45) is 0.110. The first kappa shape index (κ1) is 9.51. The number of H-pyrrole nitrogens is 1. The van der Waals surface area contributed by atoms with Crippen molar-refractivity contribution in [3.8, 4) is 0 Å². The van der Waals surface area contributed by atoms with Crippen LogP contribution < -0.4 is 5.56 Å². The Morgan fingerprint density at radius 2 is 2.23 bits per heavy atom. The predicted octanol–water partition coefficient (Wildman–Crippen LogP) is 0.399. The molecule has 13 heavy (non-hydrogen) atoms. The molecule has 0 spiro atoms. The summed E-state index contributed by atoms with van der Waals surface area (Å²) in [5, 5.41) is 0. The van der Waals surface area contributed by atoms with E-state index < -0.39 is 0 Å². The third kappa shape index (κ3) is 2.43. The normalized spacial score (nSPS) is 9.69. The van der Waals surface area contributed by atoms with E-state index in [1.807, 2.05) is 6.92 Å². The van der Waals surface area contributed by atoms with E-state index in [-0.39, 0.29) is 17.9 Å². The molecular weight excluding hydrogens is 170 g/mol. The second-order valence-corrected chi connectivity index (χ2v) is 2.74. The number of hydrogen-bond donors (Lipinski definition) is 1. The minimum Gasteiger partial charge on any atom is -0.469 e. The molecule has 0 atom stereocenters. The van der Waals surface area contributed by atoms with Crippen molar-refractivity contribution in [1.82, 2.24) is 4.98 Å². The maximum atomic E-state index is 10.9. The van der Waals surface area contributed by atoms with Crippen LogP contribution in [0.3, 0.4) is 0 Å². The summed E-state index contributed by atoms with van der Waals surface area (Å²) in [7, 11) is 1.32. The second kappa shape index (κ2) is 3.89. The third-order valence-corrected chi connectivity index (χ3v) is 1.78. The van der Waals surface area contributed by atoms with Gasteiger partial charge in [-0.05, 0) is 12.5 Å². The van der Waals surface area contributed by atoms with Crippen molar-refractivity contribution in [2.45, 2.75) is 13.3 Å². The van der Waals surface area contributed by atoms with Crippen LogP contribution in [0.4, 0.5) is 0 Å². The van der Waals surface area contributed by atoms with Crippen molar-refractivity contribution in [2.75, 3.05) is 7.11 Å². The fourth-order valence-electron chi connectivity index (χ4n) is 0.990. The van der Waals surface area contributed by atoms with E-state index in [9.17, 15) is 9.59 Å². The van der Waals surface area contributed by atoms with Crippen molar-refractivity contribution in [2.24, 2.45) is 0 Å². The topological polar surface area (TPSA) is 59.2 Å². The number of ether oxygens (including phenoxy) is 1. The number of pyridine rings is 1. The van der Waals surface area contributed by atoms with E-state index in [1.54, 1.807) is 6.07 Å². The Hall–Kier alpha value is -1.58. The summed E-state index contributed by atoms with van der Waals surface area (Å²) in [4.78, 5) is 24.4. The maximum absolute atomic E-state index is 10.9. The van der Waals surface area contributed by atoms with Crippen LogP contribution in [0.1, 0.15) is 11.3 Å². The summed E-state index contributed by atoms with van der Waals surface area (Å²) in [6.45, 7) is 1.83. The molecule has 1 rings (SSSR count). The number of hydrogen-bond acceptors (Lipinski definition) is 3. The highest BCUT2D eigenvalue weighted by Crippen LogP contribution is 2.02. The van der Waals surface area contributed by atoms with Gasteiger partial charge in [0, 0.05) is 11.8 Å². The van der Waals surface area contributed by atoms with Crippen LogP contribution in [0.5, 0.6) is 0 Å². The number of rotatable bonds is 2. The first-order chi connectivity index (χ1) is 6.13. The zero-order valence-corrected chi connectivity index (χ0v) is 7.59. The zero-order valence-electron chi connectivity index (χ0n) is 7.59. The molecule has 1 heterocycles. The summed E-state index contributed by atoms with van der Waals surface area (Å²) in [5.41, 5.74) is 1.29. The quantitative estimate of drug-likeness (QED) is 0.672. The SMILES string of the molecule is COC(=O)Cc1[nH]c(=O)ccc1C. The van der Waals surface area contributed by atoms with E-state index >= 15 is 0 Å². The van der Waals surface area contributed by atoms with Crippen molar-refractivity contribution in [3.05, 3.63) is 33.7 Å². The molecule has 0 unspecified atom stereocenters. The molecule has 0 aromatic carbocycles. The molecular formula is C9H11NO3. The first-order valence-corrected chi connectivity index (χ1v) is 3.89. The zero-order chi connectivity index (χ0) is 9.84. The number of esters is 1.